The van der Waals surface area contributed by atoms with Gasteiger partial charge >= 0.3 is 6.03 Å². The molecule has 1 heterocycles. The van der Waals surface area contributed by atoms with Crippen LogP contribution >= 0.6 is 0 Å². The number of benzene rings is 2. The van der Waals surface area contributed by atoms with Crippen molar-refractivity contribution in [2.75, 3.05) is 13.6 Å². The Kier molecular flexibility index (Phi) is 5.71. The van der Waals surface area contributed by atoms with Crippen molar-refractivity contribution in [1.82, 2.24) is 15.9 Å². The number of amides is 2. The fourth-order valence-electron chi connectivity index (χ4n) is 2.50. The van der Waals surface area contributed by atoms with Gasteiger partial charge in [-0.1, -0.05) is 36.1 Å². The fourth-order valence-corrected chi connectivity index (χ4v) is 2.50. The van der Waals surface area contributed by atoms with Crippen LogP contribution in [0.5, 0.6) is 0 Å². The van der Waals surface area contributed by atoms with Crippen molar-refractivity contribution in [3.63, 3.8) is 0 Å². The predicted octanol–water partition coefficient (Wildman–Crippen LogP) is 2.82. The molecule has 0 radical (unpaired) electrons. The fraction of sp³-hybridized carbons (Fsp3) is 0.150. The lowest BCUT2D eigenvalue weighted by Crippen LogP contribution is -2.35. The van der Waals surface area contributed by atoms with Gasteiger partial charge in [-0.25, -0.2) is 9.18 Å². The Balaban J connectivity index is 1.71. The van der Waals surface area contributed by atoms with E-state index in [1.807, 2.05) is 30.3 Å². The summed E-state index contributed by atoms with van der Waals surface area (Å²) in [7, 11) is 1.42. The number of rotatable bonds is 3. The molecule has 0 aromatic heterocycles. The van der Waals surface area contributed by atoms with E-state index in [1.54, 1.807) is 12.1 Å². The molecule has 1 atom stereocenters. The van der Waals surface area contributed by atoms with Gasteiger partial charge in [-0.2, -0.15) is 5.06 Å². The quantitative estimate of drug-likeness (QED) is 0.443. The Morgan fingerprint density at radius 2 is 2.11 bits per heavy atom. The van der Waals surface area contributed by atoms with Gasteiger partial charge in [0.1, 0.15) is 18.5 Å². The number of nitrogens with zero attached hydrogens (tertiary/aromatic N) is 1. The Morgan fingerprint density at radius 1 is 1.33 bits per heavy atom. The van der Waals surface area contributed by atoms with E-state index in [4.69, 9.17) is 4.84 Å². The SMILES string of the molecule is CNC(=O)N(O)CC#Cc1cccc(C2=CC(c3ccc(F)cc3)ON2)c1. The van der Waals surface area contributed by atoms with Crippen LogP contribution in [-0.4, -0.2) is 29.9 Å². The summed E-state index contributed by atoms with van der Waals surface area (Å²) >= 11 is 0. The number of halogens is 1. The molecule has 6 nitrogen and oxygen atoms in total. The molecule has 1 unspecified atom stereocenters. The number of carbonyl (C=O) groups is 1. The zero-order chi connectivity index (χ0) is 19.2. The first kappa shape index (κ1) is 18.5. The van der Waals surface area contributed by atoms with Crippen LogP contribution in [0.3, 0.4) is 0 Å². The van der Waals surface area contributed by atoms with Crippen LogP contribution in [-0.2, 0) is 4.84 Å². The molecule has 0 spiro atoms. The smallest absolute Gasteiger partial charge is 0.339 e. The molecular formula is C20H18FN3O3. The second-order valence-corrected chi connectivity index (χ2v) is 5.77. The van der Waals surface area contributed by atoms with Crippen LogP contribution in [0.4, 0.5) is 9.18 Å². The van der Waals surface area contributed by atoms with Crippen molar-refractivity contribution >= 4 is 11.7 Å². The molecule has 0 bridgehead atoms. The van der Waals surface area contributed by atoms with E-state index in [0.29, 0.717) is 5.06 Å². The number of hydrogen-bond acceptors (Lipinski definition) is 4. The van der Waals surface area contributed by atoms with Crippen LogP contribution in [0.1, 0.15) is 22.8 Å². The lowest BCUT2D eigenvalue weighted by atomic mass is 10.0. The zero-order valence-corrected chi connectivity index (χ0v) is 14.6. The van der Waals surface area contributed by atoms with E-state index in [-0.39, 0.29) is 18.5 Å². The zero-order valence-electron chi connectivity index (χ0n) is 14.6. The first-order chi connectivity index (χ1) is 13.1. The molecule has 1 aliphatic rings. The van der Waals surface area contributed by atoms with Gasteiger partial charge in [-0.3, -0.25) is 15.5 Å². The molecule has 0 aliphatic carbocycles. The molecule has 2 aromatic carbocycles. The maximum atomic E-state index is 13.1. The van der Waals surface area contributed by atoms with E-state index in [1.165, 1.54) is 19.2 Å². The lowest BCUT2D eigenvalue weighted by molar-refractivity contribution is -0.0301. The van der Waals surface area contributed by atoms with Crippen molar-refractivity contribution in [3.8, 4) is 11.8 Å². The van der Waals surface area contributed by atoms with Crippen molar-refractivity contribution < 1.29 is 19.2 Å². The highest BCUT2D eigenvalue weighted by atomic mass is 19.1. The standard InChI is InChI=1S/C20H18FN3O3/c1-22-20(25)24(26)11-3-5-14-4-2-6-16(12-14)18-13-19(27-23-18)15-7-9-17(21)10-8-15/h2,4,6-10,12-13,19,23,26H,11H2,1H3,(H,22,25). The number of carbonyl (C=O) groups excluding carboxylic acids is 1. The molecule has 7 heteroatoms. The first-order valence-corrected chi connectivity index (χ1v) is 8.23. The minimum Gasteiger partial charge on any atom is -0.339 e. The average molecular weight is 367 g/mol. The molecular weight excluding hydrogens is 349 g/mol. The third-order valence-electron chi connectivity index (χ3n) is 3.90. The second-order valence-electron chi connectivity index (χ2n) is 5.77. The van der Waals surface area contributed by atoms with Crippen LogP contribution in [0, 0.1) is 17.7 Å². The third kappa shape index (κ3) is 4.64. The van der Waals surface area contributed by atoms with Gasteiger partial charge < -0.3 is 5.32 Å². The molecule has 0 fully saturated rings. The van der Waals surface area contributed by atoms with Crippen LogP contribution in [0.25, 0.3) is 5.70 Å². The largest absolute Gasteiger partial charge is 0.341 e. The van der Waals surface area contributed by atoms with E-state index in [9.17, 15) is 14.4 Å². The molecule has 138 valence electrons. The molecule has 0 saturated carbocycles. The van der Waals surface area contributed by atoms with Crippen molar-refractivity contribution in [3.05, 3.63) is 77.1 Å². The summed E-state index contributed by atoms with van der Waals surface area (Å²) < 4.78 is 13.1. The minimum atomic E-state index is -0.623. The van der Waals surface area contributed by atoms with Gasteiger partial charge in [-0.05, 0) is 35.9 Å². The highest BCUT2D eigenvalue weighted by Gasteiger charge is 2.19. The van der Waals surface area contributed by atoms with Gasteiger partial charge in [-0.15, -0.1) is 0 Å². The van der Waals surface area contributed by atoms with E-state index < -0.39 is 6.03 Å². The Labute approximate surface area is 156 Å². The van der Waals surface area contributed by atoms with Crippen molar-refractivity contribution in [2.24, 2.45) is 0 Å². The number of hydrogen-bond donors (Lipinski definition) is 3. The molecule has 2 amide bonds. The predicted molar refractivity (Wildman–Crippen MR) is 97.6 cm³/mol. The summed E-state index contributed by atoms with van der Waals surface area (Å²) in [5, 5.41) is 12.2. The number of nitrogens with one attached hydrogen (secondary N) is 2. The third-order valence-corrected chi connectivity index (χ3v) is 3.90. The van der Waals surface area contributed by atoms with Crippen LogP contribution < -0.4 is 10.8 Å². The molecule has 1 aliphatic heterocycles. The molecule has 27 heavy (non-hydrogen) atoms. The van der Waals surface area contributed by atoms with E-state index >= 15 is 0 Å². The minimum absolute atomic E-state index is 0.111. The summed E-state index contributed by atoms with van der Waals surface area (Å²) in [4.78, 5) is 16.7. The summed E-state index contributed by atoms with van der Waals surface area (Å²) in [6.45, 7) is -0.111. The van der Waals surface area contributed by atoms with Gasteiger partial charge in [0.15, 0.2) is 0 Å². The first-order valence-electron chi connectivity index (χ1n) is 8.23. The number of hydroxylamine groups is 3. The topological polar surface area (TPSA) is 73.8 Å². The lowest BCUT2D eigenvalue weighted by Gasteiger charge is -2.09. The monoisotopic (exact) mass is 367 g/mol. The Morgan fingerprint density at radius 3 is 2.85 bits per heavy atom. The normalized spacial score (nSPS) is 15.2. The van der Waals surface area contributed by atoms with Gasteiger partial charge in [0, 0.05) is 18.2 Å². The van der Waals surface area contributed by atoms with E-state index in [2.05, 4.69) is 22.6 Å². The van der Waals surface area contributed by atoms with Crippen LogP contribution in [0.2, 0.25) is 0 Å². The van der Waals surface area contributed by atoms with Gasteiger partial charge in [0.2, 0.25) is 0 Å². The highest BCUT2D eigenvalue weighted by molar-refractivity contribution is 5.72. The molecule has 3 N–H and O–H groups in total. The van der Waals surface area contributed by atoms with Gasteiger partial charge in [0.25, 0.3) is 0 Å². The Bertz CT molecular complexity index is 916. The summed E-state index contributed by atoms with van der Waals surface area (Å²) in [5.74, 6) is 5.34. The molecule has 0 saturated heterocycles. The van der Waals surface area contributed by atoms with Gasteiger partial charge in [0.05, 0.1) is 5.70 Å². The molecule has 3 rings (SSSR count). The highest BCUT2D eigenvalue weighted by Crippen LogP contribution is 2.28. The average Bonchev–Trinajstić information content (AvgIpc) is 3.18. The maximum Gasteiger partial charge on any atom is 0.341 e. The summed E-state index contributed by atoms with van der Waals surface area (Å²) in [6.07, 6.45) is 1.59. The molecule has 2 aromatic rings. The summed E-state index contributed by atoms with van der Waals surface area (Å²) in [5.41, 5.74) is 6.10. The van der Waals surface area contributed by atoms with Crippen LogP contribution in [0.15, 0.2) is 54.6 Å². The second kappa shape index (κ2) is 8.36. The van der Waals surface area contributed by atoms with E-state index in [0.717, 1.165) is 22.4 Å². The van der Waals surface area contributed by atoms with Crippen molar-refractivity contribution in [2.45, 2.75) is 6.10 Å². The maximum absolute atomic E-state index is 13.1. The summed E-state index contributed by atoms with van der Waals surface area (Å²) in [6, 6.07) is 13.0. The Hall–Kier alpha value is -3.34. The number of urea groups is 1. The van der Waals surface area contributed by atoms with Crippen molar-refractivity contribution in [1.29, 1.82) is 0 Å².